The van der Waals surface area contributed by atoms with Crippen molar-refractivity contribution in [3.63, 3.8) is 0 Å². The van der Waals surface area contributed by atoms with E-state index < -0.39 is 10.8 Å². The Hall–Kier alpha value is -1.36. The van der Waals surface area contributed by atoms with E-state index >= 15 is 0 Å². The number of nitrogens with zero attached hydrogens (tertiary/aromatic N) is 1. The van der Waals surface area contributed by atoms with E-state index in [1.54, 1.807) is 18.2 Å². The van der Waals surface area contributed by atoms with Gasteiger partial charge in [-0.25, -0.2) is 9.19 Å². The van der Waals surface area contributed by atoms with Crippen LogP contribution in [0.2, 0.25) is 0 Å². The molecule has 0 aliphatic carbocycles. The molecule has 0 fully saturated rings. The third kappa shape index (κ3) is 1.42. The second-order valence-corrected chi connectivity index (χ2v) is 3.92. The number of anilines is 1. The van der Waals surface area contributed by atoms with E-state index in [4.69, 9.17) is 10.2 Å². The van der Waals surface area contributed by atoms with Crippen molar-refractivity contribution in [3.8, 4) is 0 Å². The van der Waals surface area contributed by atoms with Crippen molar-refractivity contribution in [2.24, 2.45) is 0 Å². The number of benzene rings is 1. The fraction of sp³-hybridized carbons (Fsp3) is 0.125. The molecule has 1 atom stereocenters. The van der Waals surface area contributed by atoms with E-state index in [0.29, 0.717) is 16.8 Å². The van der Waals surface area contributed by atoms with E-state index in [0.717, 1.165) is 0 Å². The minimum atomic E-state index is -1.19. The standard InChI is InChI=1S/C8H8N2O2S/c1-13(11)8-10-6-4-5(9)2-3-7(6)12-8/h2-4H,9H2,1H3. The molecule has 0 aliphatic heterocycles. The first-order valence-electron chi connectivity index (χ1n) is 3.66. The molecule has 2 N–H and O–H groups in total. The summed E-state index contributed by atoms with van der Waals surface area (Å²) in [7, 11) is -1.19. The number of nitrogen functional groups attached to an aromatic ring is 1. The van der Waals surface area contributed by atoms with Gasteiger partial charge in [-0.3, -0.25) is 0 Å². The Balaban J connectivity index is 2.68. The molecule has 5 heteroatoms. The van der Waals surface area contributed by atoms with Gasteiger partial charge in [0.05, 0.1) is 0 Å². The summed E-state index contributed by atoms with van der Waals surface area (Å²) in [6.45, 7) is 0. The Labute approximate surface area is 77.2 Å². The highest BCUT2D eigenvalue weighted by Gasteiger charge is 2.08. The summed E-state index contributed by atoms with van der Waals surface area (Å²) in [4.78, 5) is 4.03. The van der Waals surface area contributed by atoms with Gasteiger partial charge in [0.15, 0.2) is 5.58 Å². The smallest absolute Gasteiger partial charge is 0.287 e. The van der Waals surface area contributed by atoms with Crippen LogP contribution in [-0.4, -0.2) is 15.4 Å². The van der Waals surface area contributed by atoms with Crippen LogP contribution >= 0.6 is 0 Å². The summed E-state index contributed by atoms with van der Waals surface area (Å²) in [6.07, 6.45) is 1.52. The number of aromatic nitrogens is 1. The van der Waals surface area contributed by atoms with E-state index in [1.165, 1.54) is 6.26 Å². The van der Waals surface area contributed by atoms with Crippen LogP contribution in [0.3, 0.4) is 0 Å². The van der Waals surface area contributed by atoms with Gasteiger partial charge in [-0.1, -0.05) is 0 Å². The molecule has 1 aromatic heterocycles. The molecule has 0 amide bonds. The SMILES string of the molecule is CS(=O)c1nc2cc(N)ccc2o1. The molecule has 0 saturated heterocycles. The van der Waals surface area contributed by atoms with Gasteiger partial charge in [0.25, 0.3) is 5.22 Å². The third-order valence-corrected chi connectivity index (χ3v) is 2.30. The Kier molecular flexibility index (Phi) is 1.81. The quantitative estimate of drug-likeness (QED) is 0.694. The van der Waals surface area contributed by atoms with Crippen LogP contribution in [0.15, 0.2) is 27.8 Å². The lowest BCUT2D eigenvalue weighted by molar-refractivity contribution is 0.479. The van der Waals surface area contributed by atoms with Crippen molar-refractivity contribution >= 4 is 27.6 Å². The molecule has 68 valence electrons. The third-order valence-electron chi connectivity index (χ3n) is 1.64. The van der Waals surface area contributed by atoms with Crippen molar-refractivity contribution in [1.29, 1.82) is 0 Å². The highest BCUT2D eigenvalue weighted by atomic mass is 32.2. The first kappa shape index (κ1) is 8.25. The summed E-state index contributed by atoms with van der Waals surface area (Å²) in [6, 6.07) is 5.12. The molecular formula is C8H8N2O2S. The summed E-state index contributed by atoms with van der Waals surface area (Å²) in [5.41, 5.74) is 7.43. The van der Waals surface area contributed by atoms with Crippen LogP contribution in [0.4, 0.5) is 5.69 Å². The van der Waals surface area contributed by atoms with Gasteiger partial charge < -0.3 is 10.2 Å². The molecule has 0 saturated carbocycles. The maximum absolute atomic E-state index is 11.0. The van der Waals surface area contributed by atoms with Crippen LogP contribution in [0, 0.1) is 0 Å². The van der Waals surface area contributed by atoms with Crippen molar-refractivity contribution in [1.82, 2.24) is 4.98 Å². The molecule has 0 aliphatic rings. The lowest BCUT2D eigenvalue weighted by Crippen LogP contribution is -1.85. The molecule has 2 aromatic rings. The monoisotopic (exact) mass is 196 g/mol. The highest BCUT2D eigenvalue weighted by molar-refractivity contribution is 7.84. The van der Waals surface area contributed by atoms with Crippen LogP contribution < -0.4 is 5.73 Å². The van der Waals surface area contributed by atoms with Crippen LogP contribution in [0.25, 0.3) is 11.1 Å². The Bertz CT molecular complexity index is 478. The zero-order valence-corrected chi connectivity index (χ0v) is 7.80. The zero-order chi connectivity index (χ0) is 9.42. The summed E-state index contributed by atoms with van der Waals surface area (Å²) >= 11 is 0. The highest BCUT2D eigenvalue weighted by Crippen LogP contribution is 2.19. The Morgan fingerprint density at radius 1 is 1.54 bits per heavy atom. The van der Waals surface area contributed by atoms with E-state index in [9.17, 15) is 4.21 Å². The minimum Gasteiger partial charge on any atom is -0.430 e. The summed E-state index contributed by atoms with van der Waals surface area (Å²) < 4.78 is 16.2. The minimum absolute atomic E-state index is 0.237. The van der Waals surface area contributed by atoms with Gasteiger partial charge in [-0.2, -0.15) is 0 Å². The fourth-order valence-corrected chi connectivity index (χ4v) is 1.48. The van der Waals surface area contributed by atoms with Gasteiger partial charge in [-0.05, 0) is 18.2 Å². The molecule has 1 aromatic carbocycles. The number of fused-ring (bicyclic) bond motifs is 1. The summed E-state index contributed by atoms with van der Waals surface area (Å²) in [5.74, 6) is 0. The Morgan fingerprint density at radius 2 is 2.31 bits per heavy atom. The molecule has 2 rings (SSSR count). The number of rotatable bonds is 1. The van der Waals surface area contributed by atoms with Crippen molar-refractivity contribution in [2.45, 2.75) is 5.22 Å². The number of oxazole rings is 1. The maximum Gasteiger partial charge on any atom is 0.287 e. The van der Waals surface area contributed by atoms with Gasteiger partial charge in [0.1, 0.15) is 16.3 Å². The van der Waals surface area contributed by atoms with Crippen molar-refractivity contribution in [2.75, 3.05) is 12.0 Å². The molecule has 0 radical (unpaired) electrons. The average molecular weight is 196 g/mol. The molecule has 1 unspecified atom stereocenters. The molecule has 0 spiro atoms. The molecule has 13 heavy (non-hydrogen) atoms. The van der Waals surface area contributed by atoms with Gasteiger partial charge in [-0.15, -0.1) is 0 Å². The number of hydrogen-bond donors (Lipinski definition) is 1. The van der Waals surface area contributed by atoms with E-state index in [-0.39, 0.29) is 5.22 Å². The predicted molar refractivity (Wildman–Crippen MR) is 50.8 cm³/mol. The number of nitrogens with two attached hydrogens (primary N) is 1. The summed E-state index contributed by atoms with van der Waals surface area (Å²) in [5, 5.41) is 0.237. The van der Waals surface area contributed by atoms with Crippen LogP contribution in [0.5, 0.6) is 0 Å². The van der Waals surface area contributed by atoms with Crippen LogP contribution in [-0.2, 0) is 10.8 Å². The Morgan fingerprint density at radius 3 is 3.00 bits per heavy atom. The second kappa shape index (κ2) is 2.85. The average Bonchev–Trinajstić information content (AvgIpc) is 2.46. The number of hydrogen-bond acceptors (Lipinski definition) is 4. The predicted octanol–water partition coefficient (Wildman–Crippen LogP) is 1.15. The van der Waals surface area contributed by atoms with Crippen molar-refractivity contribution in [3.05, 3.63) is 18.2 Å². The van der Waals surface area contributed by atoms with Crippen LogP contribution in [0.1, 0.15) is 0 Å². The van der Waals surface area contributed by atoms with E-state index in [1.807, 2.05) is 0 Å². The second-order valence-electron chi connectivity index (χ2n) is 2.66. The molecule has 4 nitrogen and oxygen atoms in total. The van der Waals surface area contributed by atoms with Gasteiger partial charge >= 0.3 is 0 Å². The first-order chi connectivity index (χ1) is 6.16. The van der Waals surface area contributed by atoms with E-state index in [2.05, 4.69) is 4.98 Å². The van der Waals surface area contributed by atoms with Crippen molar-refractivity contribution < 1.29 is 8.63 Å². The van der Waals surface area contributed by atoms with Gasteiger partial charge in [0.2, 0.25) is 0 Å². The normalized spacial score (nSPS) is 13.3. The largest absolute Gasteiger partial charge is 0.430 e. The zero-order valence-electron chi connectivity index (χ0n) is 6.98. The van der Waals surface area contributed by atoms with Gasteiger partial charge in [0, 0.05) is 11.9 Å². The molecule has 1 heterocycles. The molecule has 0 bridgehead atoms. The first-order valence-corrected chi connectivity index (χ1v) is 5.22. The molecular weight excluding hydrogens is 188 g/mol. The lowest BCUT2D eigenvalue weighted by Gasteiger charge is -1.88. The lowest BCUT2D eigenvalue weighted by atomic mass is 10.3. The maximum atomic E-state index is 11.0. The fourth-order valence-electron chi connectivity index (χ4n) is 1.05. The topological polar surface area (TPSA) is 69.1 Å².